The van der Waals surface area contributed by atoms with Gasteiger partial charge in [0.15, 0.2) is 0 Å². The summed E-state index contributed by atoms with van der Waals surface area (Å²) in [5.41, 5.74) is 2.44. The minimum atomic E-state index is -4.68. The highest BCUT2D eigenvalue weighted by molar-refractivity contribution is 6.07. The van der Waals surface area contributed by atoms with Crippen molar-refractivity contribution in [1.82, 2.24) is 9.47 Å². The van der Waals surface area contributed by atoms with E-state index >= 15 is 0 Å². The lowest BCUT2D eigenvalue weighted by Crippen LogP contribution is -2.33. The van der Waals surface area contributed by atoms with Gasteiger partial charge >= 0.3 is 12.1 Å². The van der Waals surface area contributed by atoms with Crippen molar-refractivity contribution < 1.29 is 32.3 Å². The second kappa shape index (κ2) is 11.8. The predicted molar refractivity (Wildman–Crippen MR) is 164 cm³/mol. The maximum absolute atomic E-state index is 14.2. The highest BCUT2D eigenvalue weighted by Crippen LogP contribution is 2.32. The van der Waals surface area contributed by atoms with Gasteiger partial charge in [0.05, 0.1) is 23.0 Å². The van der Waals surface area contributed by atoms with Gasteiger partial charge in [-0.3, -0.25) is 14.4 Å². The summed E-state index contributed by atoms with van der Waals surface area (Å²) in [6.45, 7) is 4.56. The van der Waals surface area contributed by atoms with Gasteiger partial charge in [-0.2, -0.15) is 13.2 Å². The monoisotopic (exact) mass is 616 g/mol. The Morgan fingerprint density at radius 1 is 0.889 bits per heavy atom. The summed E-state index contributed by atoms with van der Waals surface area (Å²) in [5.74, 6) is -2.70. The molecule has 0 unspecified atom stereocenters. The van der Waals surface area contributed by atoms with Gasteiger partial charge in [0.2, 0.25) is 5.76 Å². The number of carbonyl (C=O) groups excluding carboxylic acids is 1. The molecule has 0 aliphatic heterocycles. The molecule has 3 aromatic carbocycles. The molecule has 7 nitrogen and oxygen atoms in total. The number of benzene rings is 3. The maximum Gasteiger partial charge on any atom is 0.449 e. The Morgan fingerprint density at radius 3 is 2.22 bits per heavy atom. The Labute approximate surface area is 257 Å². The van der Waals surface area contributed by atoms with Gasteiger partial charge in [-0.05, 0) is 61.2 Å². The Bertz CT molecular complexity index is 1970. The van der Waals surface area contributed by atoms with Crippen LogP contribution >= 0.6 is 0 Å². The van der Waals surface area contributed by atoms with Crippen LogP contribution in [0.25, 0.3) is 22.0 Å². The van der Waals surface area contributed by atoms with Crippen molar-refractivity contribution in [3.8, 4) is 11.1 Å². The zero-order valence-electron chi connectivity index (χ0n) is 25.1. The Kier molecular flexibility index (Phi) is 8.18. The number of furan rings is 1. The molecule has 0 saturated carbocycles. The van der Waals surface area contributed by atoms with E-state index in [1.54, 1.807) is 76.3 Å². The van der Waals surface area contributed by atoms with Gasteiger partial charge < -0.3 is 19.0 Å². The van der Waals surface area contributed by atoms with Gasteiger partial charge in [-0.25, -0.2) is 0 Å². The number of halogens is 3. The number of carboxylic acid groups (broad SMARTS) is 1. The van der Waals surface area contributed by atoms with Crippen LogP contribution in [0, 0.1) is 6.92 Å². The third-order valence-electron chi connectivity index (χ3n) is 8.10. The number of carbonyl (C=O) groups is 2. The van der Waals surface area contributed by atoms with Gasteiger partial charge in [-0.15, -0.1) is 0 Å². The average molecular weight is 617 g/mol. The first kappa shape index (κ1) is 31.3. The summed E-state index contributed by atoms with van der Waals surface area (Å²) in [6.07, 6.45) is -4.68. The fraction of sp³-hybridized carbons (Fsp3) is 0.229. The number of para-hydroxylation sites is 1. The van der Waals surface area contributed by atoms with Crippen LogP contribution in [-0.4, -0.2) is 26.5 Å². The molecule has 0 aliphatic rings. The third kappa shape index (κ3) is 6.13. The number of carboxylic acids is 1. The molecule has 0 atom stereocenters. The van der Waals surface area contributed by atoms with Gasteiger partial charge in [0.1, 0.15) is 5.76 Å². The maximum atomic E-state index is 14.2. The summed E-state index contributed by atoms with van der Waals surface area (Å²) in [5, 5.41) is 10.2. The first-order chi connectivity index (χ1) is 21.2. The molecule has 0 aliphatic carbocycles. The molecule has 1 N–H and O–H groups in total. The van der Waals surface area contributed by atoms with E-state index in [9.17, 15) is 32.7 Å². The van der Waals surface area contributed by atoms with E-state index < -0.39 is 29.2 Å². The quantitative estimate of drug-likeness (QED) is 0.197. The number of rotatable bonds is 8. The van der Waals surface area contributed by atoms with E-state index in [1.807, 2.05) is 24.3 Å². The number of alkyl halides is 3. The van der Waals surface area contributed by atoms with Crippen molar-refractivity contribution in [1.29, 1.82) is 0 Å². The molecule has 1 amide bonds. The zero-order chi connectivity index (χ0) is 32.7. The Balaban J connectivity index is 1.52. The van der Waals surface area contributed by atoms with Gasteiger partial charge in [0.25, 0.3) is 11.5 Å². The van der Waals surface area contributed by atoms with E-state index in [2.05, 4.69) is 0 Å². The lowest BCUT2D eigenvalue weighted by molar-refractivity contribution is -0.153. The topological polar surface area (TPSA) is 92.8 Å². The van der Waals surface area contributed by atoms with Crippen LogP contribution in [0.3, 0.4) is 0 Å². The molecule has 0 fully saturated rings. The molecule has 0 radical (unpaired) electrons. The molecule has 0 bridgehead atoms. The number of amides is 1. The number of aryl methyl sites for hydroxylation is 1. The molecule has 232 valence electrons. The van der Waals surface area contributed by atoms with Crippen LogP contribution in [0.4, 0.5) is 13.2 Å². The summed E-state index contributed by atoms with van der Waals surface area (Å²) < 4.78 is 46.4. The van der Waals surface area contributed by atoms with E-state index in [0.29, 0.717) is 22.0 Å². The second-order valence-corrected chi connectivity index (χ2v) is 11.5. The van der Waals surface area contributed by atoms with E-state index in [0.717, 1.165) is 17.2 Å². The molecule has 2 heterocycles. The summed E-state index contributed by atoms with van der Waals surface area (Å²) in [6, 6.07) is 23.5. The fourth-order valence-electron chi connectivity index (χ4n) is 5.32. The van der Waals surface area contributed by atoms with Crippen LogP contribution < -0.4 is 5.56 Å². The molecule has 45 heavy (non-hydrogen) atoms. The smallest absolute Gasteiger partial charge is 0.449 e. The van der Waals surface area contributed by atoms with Gasteiger partial charge in [-0.1, -0.05) is 66.7 Å². The lowest BCUT2D eigenvalue weighted by Gasteiger charge is -2.24. The van der Waals surface area contributed by atoms with Gasteiger partial charge in [0, 0.05) is 24.5 Å². The molecule has 5 rings (SSSR count). The van der Waals surface area contributed by atoms with Crippen LogP contribution in [-0.2, 0) is 36.5 Å². The number of pyridine rings is 1. The number of hydrogen-bond donors (Lipinski definition) is 1. The number of fused-ring (bicyclic) bond motifs is 1. The molecule has 2 aromatic heterocycles. The van der Waals surface area contributed by atoms with E-state index in [-0.39, 0.29) is 35.5 Å². The normalized spacial score (nSPS) is 12.0. The SMILES string of the molecule is Cc1c(C(=O)N(Cc2ccc(-c3cccc(C(C)(C)C(=O)O)c3)cc2)Cc2ccc(C(F)(F)F)o2)c2ccccc2n(C)c1=O. The average Bonchev–Trinajstić information content (AvgIpc) is 3.49. The summed E-state index contributed by atoms with van der Waals surface area (Å²) >= 11 is 0. The third-order valence-corrected chi connectivity index (χ3v) is 8.10. The first-order valence-corrected chi connectivity index (χ1v) is 14.1. The van der Waals surface area contributed by atoms with Crippen molar-refractivity contribution in [3.63, 3.8) is 0 Å². The molecule has 0 saturated heterocycles. The molecule has 5 aromatic rings. The van der Waals surface area contributed by atoms with Crippen molar-refractivity contribution >= 4 is 22.8 Å². The summed E-state index contributed by atoms with van der Waals surface area (Å²) in [4.78, 5) is 40.4. The largest absolute Gasteiger partial charge is 0.481 e. The minimum Gasteiger partial charge on any atom is -0.481 e. The highest BCUT2D eigenvalue weighted by atomic mass is 19.4. The van der Waals surface area contributed by atoms with Crippen LogP contribution in [0.2, 0.25) is 0 Å². The number of hydrogen-bond acceptors (Lipinski definition) is 4. The van der Waals surface area contributed by atoms with E-state index in [4.69, 9.17) is 4.42 Å². The second-order valence-electron chi connectivity index (χ2n) is 11.5. The standard InChI is InChI=1S/C35H31F3N2O5/c1-21-30(27-10-5-6-11-28(27)39(4)31(21)41)32(42)40(20-26-16-17-29(45-26)35(36,37)38)19-22-12-14-23(15-13-22)24-8-7-9-25(18-24)34(2,3)33(43)44/h5-18H,19-20H2,1-4H3,(H,43,44). The predicted octanol–water partition coefficient (Wildman–Crippen LogP) is 7.33. The Morgan fingerprint density at radius 2 is 1.58 bits per heavy atom. The molecular formula is C35H31F3N2O5. The minimum absolute atomic E-state index is 0.0101. The number of aliphatic carboxylic acids is 1. The lowest BCUT2D eigenvalue weighted by atomic mass is 9.83. The van der Waals surface area contributed by atoms with Crippen LogP contribution in [0.15, 0.2) is 94.1 Å². The van der Waals surface area contributed by atoms with Crippen LogP contribution in [0.5, 0.6) is 0 Å². The fourth-order valence-corrected chi connectivity index (χ4v) is 5.32. The van der Waals surface area contributed by atoms with E-state index in [1.165, 1.54) is 15.5 Å². The zero-order valence-corrected chi connectivity index (χ0v) is 25.1. The highest BCUT2D eigenvalue weighted by Gasteiger charge is 2.35. The van der Waals surface area contributed by atoms with Crippen molar-refractivity contribution in [2.24, 2.45) is 7.05 Å². The molecule has 10 heteroatoms. The van der Waals surface area contributed by atoms with Crippen molar-refractivity contribution in [3.05, 3.63) is 129 Å². The molecule has 0 spiro atoms. The Hall–Kier alpha value is -5.12. The number of aromatic nitrogens is 1. The number of nitrogens with zero attached hydrogens (tertiary/aromatic N) is 2. The summed E-state index contributed by atoms with van der Waals surface area (Å²) in [7, 11) is 1.62. The van der Waals surface area contributed by atoms with Crippen molar-refractivity contribution in [2.75, 3.05) is 0 Å². The molecular weight excluding hydrogens is 585 g/mol. The van der Waals surface area contributed by atoms with Crippen LogP contribution in [0.1, 0.15) is 52.4 Å². The van der Waals surface area contributed by atoms with Crippen molar-refractivity contribution in [2.45, 2.75) is 45.5 Å². The first-order valence-electron chi connectivity index (χ1n) is 14.1.